The number of benzene rings is 1. The van der Waals surface area contributed by atoms with Crippen LogP contribution in [0.5, 0.6) is 0 Å². The number of hydrogen-bond donors (Lipinski definition) is 2. The molecule has 4 nitrogen and oxygen atoms in total. The lowest BCUT2D eigenvalue weighted by atomic mass is 10.2. The van der Waals surface area contributed by atoms with Gasteiger partial charge in [-0.25, -0.2) is 8.42 Å². The lowest BCUT2D eigenvalue weighted by molar-refractivity contribution is 0.600. The molecule has 0 saturated carbocycles. The van der Waals surface area contributed by atoms with Crippen LogP contribution in [0, 0.1) is 5.92 Å². The lowest BCUT2D eigenvalue weighted by Gasteiger charge is -2.10. The molecule has 0 heterocycles. The first-order valence-corrected chi connectivity index (χ1v) is 7.92. The zero-order chi connectivity index (χ0) is 13.6. The highest BCUT2D eigenvalue weighted by atomic mass is 32.2. The Labute approximate surface area is 110 Å². The van der Waals surface area contributed by atoms with Crippen molar-refractivity contribution in [1.82, 2.24) is 0 Å². The Morgan fingerprint density at radius 2 is 1.67 bits per heavy atom. The summed E-state index contributed by atoms with van der Waals surface area (Å²) in [7, 11) is -3.19. The third kappa shape index (κ3) is 5.40. The topological polar surface area (TPSA) is 58.2 Å². The Morgan fingerprint density at radius 1 is 1.11 bits per heavy atom. The van der Waals surface area contributed by atoms with E-state index in [1.54, 1.807) is 12.1 Å². The fourth-order valence-electron chi connectivity index (χ4n) is 1.48. The van der Waals surface area contributed by atoms with Crippen molar-refractivity contribution in [2.24, 2.45) is 5.92 Å². The predicted octanol–water partition coefficient (Wildman–Crippen LogP) is 2.91. The summed E-state index contributed by atoms with van der Waals surface area (Å²) in [5.41, 5.74) is 1.61. The molecule has 1 aromatic rings. The molecule has 102 valence electrons. The summed E-state index contributed by atoms with van der Waals surface area (Å²) < 4.78 is 25.7. The molecule has 0 saturated heterocycles. The van der Waals surface area contributed by atoms with Crippen LogP contribution in [0.3, 0.4) is 0 Å². The second kappa shape index (κ2) is 6.64. The summed E-state index contributed by atoms with van der Waals surface area (Å²) >= 11 is 0. The molecular weight excluding hydrogens is 248 g/mol. The first-order valence-electron chi connectivity index (χ1n) is 6.27. The number of hydrogen-bond acceptors (Lipinski definition) is 3. The second-order valence-corrected chi connectivity index (χ2v) is 6.61. The van der Waals surface area contributed by atoms with Crippen LogP contribution in [0.4, 0.5) is 11.4 Å². The number of nitrogens with one attached hydrogen (secondary N) is 2. The van der Waals surface area contributed by atoms with Crippen molar-refractivity contribution >= 4 is 21.4 Å². The average Bonchev–Trinajstić information content (AvgIpc) is 2.27. The molecule has 2 N–H and O–H groups in total. The van der Waals surface area contributed by atoms with E-state index in [-0.39, 0.29) is 5.75 Å². The second-order valence-electron chi connectivity index (χ2n) is 4.77. The van der Waals surface area contributed by atoms with Crippen LogP contribution in [0.2, 0.25) is 0 Å². The maximum Gasteiger partial charge on any atom is 0.232 e. The van der Waals surface area contributed by atoms with Gasteiger partial charge in [0.15, 0.2) is 0 Å². The van der Waals surface area contributed by atoms with Crippen molar-refractivity contribution in [2.45, 2.75) is 27.2 Å². The van der Waals surface area contributed by atoms with Gasteiger partial charge in [0, 0.05) is 17.9 Å². The van der Waals surface area contributed by atoms with E-state index in [1.165, 1.54) is 0 Å². The quantitative estimate of drug-likeness (QED) is 0.801. The van der Waals surface area contributed by atoms with Gasteiger partial charge in [-0.1, -0.05) is 20.8 Å². The SMILES string of the molecule is CCCS(=O)(=O)Nc1ccc(NCC(C)C)cc1. The Bertz CT molecular complexity index is 452. The highest BCUT2D eigenvalue weighted by Gasteiger charge is 2.08. The van der Waals surface area contributed by atoms with Gasteiger partial charge in [-0.05, 0) is 36.6 Å². The minimum Gasteiger partial charge on any atom is -0.385 e. The van der Waals surface area contributed by atoms with Crippen LogP contribution < -0.4 is 10.0 Å². The zero-order valence-electron chi connectivity index (χ0n) is 11.2. The van der Waals surface area contributed by atoms with Crippen LogP contribution in [0.25, 0.3) is 0 Å². The van der Waals surface area contributed by atoms with Gasteiger partial charge >= 0.3 is 0 Å². The lowest BCUT2D eigenvalue weighted by Crippen LogP contribution is -2.16. The molecule has 0 bridgehead atoms. The van der Waals surface area contributed by atoms with Gasteiger partial charge in [-0.15, -0.1) is 0 Å². The molecule has 0 aromatic heterocycles. The summed E-state index contributed by atoms with van der Waals surface area (Å²) in [6, 6.07) is 7.31. The minimum absolute atomic E-state index is 0.153. The van der Waals surface area contributed by atoms with Crippen LogP contribution in [0.15, 0.2) is 24.3 Å². The molecule has 0 spiro atoms. The average molecular weight is 270 g/mol. The van der Waals surface area contributed by atoms with Crippen molar-refractivity contribution in [3.63, 3.8) is 0 Å². The molecule has 0 atom stereocenters. The Balaban J connectivity index is 2.60. The molecule has 18 heavy (non-hydrogen) atoms. The smallest absolute Gasteiger partial charge is 0.232 e. The normalized spacial score (nSPS) is 11.6. The standard InChI is InChI=1S/C13H22N2O2S/c1-4-9-18(16,17)15-13-7-5-12(6-8-13)14-10-11(2)3/h5-8,11,14-15H,4,9-10H2,1-3H3. The minimum atomic E-state index is -3.19. The van der Waals surface area contributed by atoms with Crippen molar-refractivity contribution in [1.29, 1.82) is 0 Å². The molecule has 0 unspecified atom stereocenters. The maximum atomic E-state index is 11.6. The maximum absolute atomic E-state index is 11.6. The van der Waals surface area contributed by atoms with Gasteiger partial charge in [-0.2, -0.15) is 0 Å². The van der Waals surface area contributed by atoms with E-state index >= 15 is 0 Å². The third-order valence-electron chi connectivity index (χ3n) is 2.35. The molecule has 0 aliphatic heterocycles. The third-order valence-corrected chi connectivity index (χ3v) is 3.84. The van der Waals surface area contributed by atoms with Crippen LogP contribution in [0.1, 0.15) is 27.2 Å². The molecule has 0 fully saturated rings. The summed E-state index contributed by atoms with van der Waals surface area (Å²) in [6.45, 7) is 7.03. The Kier molecular flexibility index (Phi) is 5.47. The van der Waals surface area contributed by atoms with Gasteiger partial charge < -0.3 is 5.32 Å². The van der Waals surface area contributed by atoms with Crippen molar-refractivity contribution in [2.75, 3.05) is 22.3 Å². The fourth-order valence-corrected chi connectivity index (χ4v) is 2.61. The van der Waals surface area contributed by atoms with Crippen molar-refractivity contribution in [3.05, 3.63) is 24.3 Å². The van der Waals surface area contributed by atoms with Crippen molar-refractivity contribution in [3.8, 4) is 0 Å². The largest absolute Gasteiger partial charge is 0.385 e. The van der Waals surface area contributed by atoms with E-state index in [0.29, 0.717) is 18.0 Å². The fraction of sp³-hybridized carbons (Fsp3) is 0.538. The molecule has 0 aliphatic rings. The monoisotopic (exact) mass is 270 g/mol. The first kappa shape index (κ1) is 14.8. The van der Waals surface area contributed by atoms with Crippen LogP contribution in [-0.4, -0.2) is 20.7 Å². The molecule has 0 radical (unpaired) electrons. The number of sulfonamides is 1. The molecular formula is C13H22N2O2S. The van der Waals surface area contributed by atoms with Gasteiger partial charge in [-0.3, -0.25) is 4.72 Å². The van der Waals surface area contributed by atoms with E-state index in [9.17, 15) is 8.42 Å². The van der Waals surface area contributed by atoms with E-state index in [2.05, 4.69) is 23.9 Å². The highest BCUT2D eigenvalue weighted by molar-refractivity contribution is 7.92. The zero-order valence-corrected chi connectivity index (χ0v) is 12.0. The number of anilines is 2. The van der Waals surface area contributed by atoms with Crippen LogP contribution >= 0.6 is 0 Å². The summed E-state index contributed by atoms with van der Waals surface area (Å²) in [6.07, 6.45) is 0.614. The Morgan fingerprint density at radius 3 is 2.17 bits per heavy atom. The van der Waals surface area contributed by atoms with Gasteiger partial charge in [0.25, 0.3) is 0 Å². The molecule has 5 heteroatoms. The van der Waals surface area contributed by atoms with E-state index in [4.69, 9.17) is 0 Å². The molecule has 1 aromatic carbocycles. The highest BCUT2D eigenvalue weighted by Crippen LogP contribution is 2.15. The summed E-state index contributed by atoms with van der Waals surface area (Å²) in [4.78, 5) is 0. The molecule has 1 rings (SSSR count). The molecule has 0 amide bonds. The van der Waals surface area contributed by atoms with Crippen LogP contribution in [-0.2, 0) is 10.0 Å². The summed E-state index contributed by atoms with van der Waals surface area (Å²) in [5, 5.41) is 3.28. The van der Waals surface area contributed by atoms with Crippen molar-refractivity contribution < 1.29 is 8.42 Å². The predicted molar refractivity (Wildman–Crippen MR) is 77.5 cm³/mol. The first-order chi connectivity index (χ1) is 8.43. The molecule has 0 aliphatic carbocycles. The number of rotatable bonds is 7. The van der Waals surface area contributed by atoms with Gasteiger partial charge in [0.05, 0.1) is 5.75 Å². The van der Waals surface area contributed by atoms with E-state index in [1.807, 2.05) is 19.1 Å². The summed E-state index contributed by atoms with van der Waals surface area (Å²) in [5.74, 6) is 0.730. The van der Waals surface area contributed by atoms with Gasteiger partial charge in [0.1, 0.15) is 0 Å². The Hall–Kier alpha value is -1.23. The van der Waals surface area contributed by atoms with E-state index in [0.717, 1.165) is 12.2 Å². The van der Waals surface area contributed by atoms with E-state index < -0.39 is 10.0 Å². The van der Waals surface area contributed by atoms with Gasteiger partial charge in [0.2, 0.25) is 10.0 Å².